The molecule has 1 aliphatic rings. The Morgan fingerprint density at radius 1 is 1.55 bits per heavy atom. The second-order valence-electron chi connectivity index (χ2n) is 5.05. The summed E-state index contributed by atoms with van der Waals surface area (Å²) in [5.41, 5.74) is 0.692. The van der Waals surface area contributed by atoms with Gasteiger partial charge in [-0.25, -0.2) is 0 Å². The molecule has 20 heavy (non-hydrogen) atoms. The first-order chi connectivity index (χ1) is 9.72. The predicted molar refractivity (Wildman–Crippen MR) is 76.6 cm³/mol. The molecule has 2 rings (SSSR count). The van der Waals surface area contributed by atoms with Gasteiger partial charge in [0.05, 0.1) is 19.1 Å². The van der Waals surface area contributed by atoms with Crippen LogP contribution in [0, 0.1) is 5.92 Å². The van der Waals surface area contributed by atoms with Gasteiger partial charge in [0.25, 0.3) is 0 Å². The van der Waals surface area contributed by atoms with Crippen LogP contribution in [0.15, 0.2) is 24.3 Å². The number of piperidine rings is 1. The maximum absolute atomic E-state index is 12.0. The standard InChI is InChI=1S/C15H22N2O3/c1-20-14-7-3-2-6-12(14)13(18)10-17-15(19)11-5-4-8-16-9-11/h2-3,6-7,11,13,16,18H,4-5,8-10H2,1H3,(H,17,19)/t11-,13+/m0/s1. The molecule has 0 saturated carbocycles. The molecule has 1 aromatic rings. The Morgan fingerprint density at radius 2 is 2.35 bits per heavy atom. The van der Waals surface area contributed by atoms with Crippen molar-refractivity contribution in [3.05, 3.63) is 29.8 Å². The molecule has 1 aliphatic heterocycles. The zero-order chi connectivity index (χ0) is 14.4. The molecule has 0 aliphatic carbocycles. The largest absolute Gasteiger partial charge is 0.496 e. The van der Waals surface area contributed by atoms with E-state index < -0.39 is 6.10 Å². The normalized spacial score (nSPS) is 20.2. The molecule has 1 saturated heterocycles. The van der Waals surface area contributed by atoms with Gasteiger partial charge in [-0.2, -0.15) is 0 Å². The van der Waals surface area contributed by atoms with Crippen molar-refractivity contribution in [1.29, 1.82) is 0 Å². The number of hydrogen-bond donors (Lipinski definition) is 3. The van der Waals surface area contributed by atoms with Crippen LogP contribution in [0.3, 0.4) is 0 Å². The van der Waals surface area contributed by atoms with Crippen molar-refractivity contribution < 1.29 is 14.6 Å². The summed E-state index contributed by atoms with van der Waals surface area (Å²) in [5.74, 6) is 0.647. The lowest BCUT2D eigenvalue weighted by Crippen LogP contribution is -2.41. The maximum Gasteiger partial charge on any atom is 0.224 e. The minimum Gasteiger partial charge on any atom is -0.496 e. The van der Waals surface area contributed by atoms with Crippen molar-refractivity contribution in [3.8, 4) is 5.75 Å². The number of benzene rings is 1. The van der Waals surface area contributed by atoms with Crippen LogP contribution in [0.4, 0.5) is 0 Å². The van der Waals surface area contributed by atoms with Crippen LogP contribution in [0.5, 0.6) is 5.75 Å². The Labute approximate surface area is 119 Å². The average Bonchev–Trinajstić information content (AvgIpc) is 2.53. The first-order valence-electron chi connectivity index (χ1n) is 7.01. The van der Waals surface area contributed by atoms with Gasteiger partial charge in [0.15, 0.2) is 0 Å². The molecule has 5 nitrogen and oxygen atoms in total. The van der Waals surface area contributed by atoms with E-state index >= 15 is 0 Å². The van der Waals surface area contributed by atoms with Crippen LogP contribution in [0.2, 0.25) is 0 Å². The van der Waals surface area contributed by atoms with Crippen LogP contribution >= 0.6 is 0 Å². The van der Waals surface area contributed by atoms with E-state index in [9.17, 15) is 9.90 Å². The molecule has 0 aromatic heterocycles. The summed E-state index contributed by atoms with van der Waals surface area (Å²) in [4.78, 5) is 12.0. The summed E-state index contributed by atoms with van der Waals surface area (Å²) in [6.45, 7) is 1.90. The summed E-state index contributed by atoms with van der Waals surface area (Å²) in [6.07, 6.45) is 1.17. The van der Waals surface area contributed by atoms with Crippen LogP contribution in [-0.4, -0.2) is 37.8 Å². The van der Waals surface area contributed by atoms with E-state index in [1.54, 1.807) is 19.2 Å². The summed E-state index contributed by atoms with van der Waals surface area (Å²) < 4.78 is 5.21. The van der Waals surface area contributed by atoms with E-state index in [2.05, 4.69) is 10.6 Å². The minimum atomic E-state index is -0.758. The van der Waals surface area contributed by atoms with Crippen LogP contribution < -0.4 is 15.4 Å². The minimum absolute atomic E-state index is 0.00569. The molecule has 5 heteroatoms. The number of aliphatic hydroxyl groups is 1. The summed E-state index contributed by atoms with van der Waals surface area (Å²) in [7, 11) is 1.57. The molecule has 1 amide bonds. The molecule has 0 radical (unpaired) electrons. The third-order valence-corrected chi connectivity index (χ3v) is 3.64. The van der Waals surface area contributed by atoms with Crippen LogP contribution in [0.1, 0.15) is 24.5 Å². The summed E-state index contributed by atoms with van der Waals surface area (Å²) >= 11 is 0. The van der Waals surface area contributed by atoms with E-state index in [4.69, 9.17) is 4.74 Å². The van der Waals surface area contributed by atoms with Gasteiger partial charge in [0.2, 0.25) is 5.91 Å². The number of para-hydroxylation sites is 1. The fraction of sp³-hybridized carbons (Fsp3) is 0.533. The number of carbonyl (C=O) groups is 1. The average molecular weight is 278 g/mol. The van der Waals surface area contributed by atoms with Crippen molar-refractivity contribution in [3.63, 3.8) is 0 Å². The zero-order valence-corrected chi connectivity index (χ0v) is 11.8. The highest BCUT2D eigenvalue weighted by Gasteiger charge is 2.22. The molecule has 1 heterocycles. The Kier molecular flexibility index (Phi) is 5.38. The Balaban J connectivity index is 1.88. The van der Waals surface area contributed by atoms with E-state index in [0.717, 1.165) is 25.9 Å². The Morgan fingerprint density at radius 3 is 3.05 bits per heavy atom. The fourth-order valence-electron chi connectivity index (χ4n) is 2.47. The predicted octanol–water partition coefficient (Wildman–Crippen LogP) is 0.844. The van der Waals surface area contributed by atoms with Crippen molar-refractivity contribution in [2.75, 3.05) is 26.7 Å². The van der Waals surface area contributed by atoms with Crippen LogP contribution in [-0.2, 0) is 4.79 Å². The number of carbonyl (C=O) groups excluding carboxylic acids is 1. The van der Waals surface area contributed by atoms with Gasteiger partial charge in [-0.05, 0) is 25.5 Å². The molecular weight excluding hydrogens is 256 g/mol. The Bertz CT molecular complexity index is 444. The van der Waals surface area contributed by atoms with Gasteiger partial charge in [-0.3, -0.25) is 4.79 Å². The second kappa shape index (κ2) is 7.26. The molecule has 0 bridgehead atoms. The van der Waals surface area contributed by atoms with Gasteiger partial charge in [-0.15, -0.1) is 0 Å². The summed E-state index contributed by atoms with van der Waals surface area (Å²) in [6, 6.07) is 7.29. The monoisotopic (exact) mass is 278 g/mol. The highest BCUT2D eigenvalue weighted by Crippen LogP contribution is 2.24. The molecule has 3 N–H and O–H groups in total. The number of nitrogens with one attached hydrogen (secondary N) is 2. The van der Waals surface area contributed by atoms with E-state index in [1.807, 2.05) is 12.1 Å². The fourth-order valence-corrected chi connectivity index (χ4v) is 2.47. The molecule has 1 fully saturated rings. The quantitative estimate of drug-likeness (QED) is 0.746. The van der Waals surface area contributed by atoms with Crippen molar-refractivity contribution in [1.82, 2.24) is 10.6 Å². The number of amides is 1. The SMILES string of the molecule is COc1ccccc1[C@H](O)CNC(=O)[C@H]1CCCNC1. The Hall–Kier alpha value is -1.59. The van der Waals surface area contributed by atoms with Gasteiger partial charge in [-0.1, -0.05) is 18.2 Å². The lowest BCUT2D eigenvalue weighted by molar-refractivity contribution is -0.125. The van der Waals surface area contributed by atoms with Gasteiger partial charge < -0.3 is 20.5 Å². The third kappa shape index (κ3) is 3.71. The molecule has 1 aromatic carbocycles. The van der Waals surface area contributed by atoms with Crippen molar-refractivity contribution in [2.45, 2.75) is 18.9 Å². The number of ether oxygens (including phenoxy) is 1. The lowest BCUT2D eigenvalue weighted by Gasteiger charge is -2.23. The highest BCUT2D eigenvalue weighted by atomic mass is 16.5. The van der Waals surface area contributed by atoms with Crippen molar-refractivity contribution in [2.24, 2.45) is 5.92 Å². The van der Waals surface area contributed by atoms with E-state index in [-0.39, 0.29) is 18.4 Å². The van der Waals surface area contributed by atoms with Gasteiger partial charge >= 0.3 is 0 Å². The smallest absolute Gasteiger partial charge is 0.224 e. The molecule has 110 valence electrons. The number of aliphatic hydroxyl groups excluding tert-OH is 1. The number of hydrogen-bond acceptors (Lipinski definition) is 4. The highest BCUT2D eigenvalue weighted by molar-refractivity contribution is 5.79. The number of rotatable bonds is 5. The first kappa shape index (κ1) is 14.8. The van der Waals surface area contributed by atoms with E-state index in [0.29, 0.717) is 11.3 Å². The van der Waals surface area contributed by atoms with Crippen molar-refractivity contribution >= 4 is 5.91 Å². The summed E-state index contributed by atoms with van der Waals surface area (Å²) in [5, 5.41) is 16.2. The molecule has 0 unspecified atom stereocenters. The first-order valence-corrected chi connectivity index (χ1v) is 7.01. The number of methoxy groups -OCH3 is 1. The van der Waals surface area contributed by atoms with Gasteiger partial charge in [0.1, 0.15) is 5.75 Å². The van der Waals surface area contributed by atoms with E-state index in [1.165, 1.54) is 0 Å². The molecular formula is C15H22N2O3. The lowest BCUT2D eigenvalue weighted by atomic mass is 9.98. The third-order valence-electron chi connectivity index (χ3n) is 3.64. The van der Waals surface area contributed by atoms with Crippen LogP contribution in [0.25, 0.3) is 0 Å². The topological polar surface area (TPSA) is 70.6 Å². The molecule has 2 atom stereocenters. The maximum atomic E-state index is 12.0. The van der Waals surface area contributed by atoms with Gasteiger partial charge in [0, 0.05) is 18.7 Å². The second-order valence-corrected chi connectivity index (χ2v) is 5.05. The zero-order valence-electron chi connectivity index (χ0n) is 11.8. The molecule has 0 spiro atoms.